The van der Waals surface area contributed by atoms with Crippen LogP contribution in [0.4, 0.5) is 10.5 Å². The summed E-state index contributed by atoms with van der Waals surface area (Å²) in [4.78, 5) is 14.6. The van der Waals surface area contributed by atoms with Crippen molar-refractivity contribution in [2.75, 3.05) is 31.5 Å². The highest BCUT2D eigenvalue weighted by Gasteiger charge is 2.09. The predicted octanol–water partition coefficient (Wildman–Crippen LogP) is 3.84. The molecule has 0 aliphatic carbocycles. The number of benzene rings is 2. The molecule has 1 aliphatic heterocycles. The third kappa shape index (κ3) is 4.45. The smallest absolute Gasteiger partial charge is 0.319 e. The Hall–Kier alpha value is -2.07. The minimum atomic E-state index is -0.125. The summed E-state index contributed by atoms with van der Waals surface area (Å²) in [6, 6.07) is 13.9. The number of rotatable bonds is 5. The number of piperidine rings is 1. The van der Waals surface area contributed by atoms with Crippen molar-refractivity contribution < 1.29 is 4.79 Å². The van der Waals surface area contributed by atoms with Crippen molar-refractivity contribution in [2.45, 2.75) is 25.7 Å². The van der Waals surface area contributed by atoms with Crippen molar-refractivity contribution in [3.8, 4) is 0 Å². The van der Waals surface area contributed by atoms with Crippen molar-refractivity contribution in [2.24, 2.45) is 0 Å². The summed E-state index contributed by atoms with van der Waals surface area (Å²) >= 11 is 0. The maximum Gasteiger partial charge on any atom is 0.319 e. The fraction of sp³-hybridized carbons (Fsp3) is 0.421. The van der Waals surface area contributed by atoms with Crippen LogP contribution in [0.25, 0.3) is 10.8 Å². The number of fused-ring (bicyclic) bond motifs is 1. The van der Waals surface area contributed by atoms with Gasteiger partial charge in [-0.25, -0.2) is 4.79 Å². The van der Waals surface area contributed by atoms with Crippen LogP contribution in [-0.2, 0) is 0 Å². The molecular weight excluding hydrogens is 286 g/mol. The quantitative estimate of drug-likeness (QED) is 0.824. The fourth-order valence-corrected chi connectivity index (χ4v) is 3.19. The Morgan fingerprint density at radius 3 is 2.65 bits per heavy atom. The van der Waals surface area contributed by atoms with E-state index in [1.165, 1.54) is 32.4 Å². The second kappa shape index (κ2) is 7.97. The lowest BCUT2D eigenvalue weighted by atomic mass is 10.1. The SMILES string of the molecule is O=C(NCCCN1CCCCC1)Nc1cccc2ccccc12. The average molecular weight is 311 g/mol. The van der Waals surface area contributed by atoms with E-state index in [-0.39, 0.29) is 6.03 Å². The van der Waals surface area contributed by atoms with E-state index >= 15 is 0 Å². The van der Waals surface area contributed by atoms with Crippen LogP contribution in [0.3, 0.4) is 0 Å². The molecule has 0 radical (unpaired) electrons. The molecule has 2 aromatic rings. The van der Waals surface area contributed by atoms with Crippen molar-refractivity contribution in [1.82, 2.24) is 10.2 Å². The molecule has 0 aromatic heterocycles. The summed E-state index contributed by atoms with van der Waals surface area (Å²) in [7, 11) is 0. The molecule has 4 nitrogen and oxygen atoms in total. The van der Waals surface area contributed by atoms with Gasteiger partial charge in [0.1, 0.15) is 0 Å². The predicted molar refractivity (Wildman–Crippen MR) is 95.9 cm³/mol. The van der Waals surface area contributed by atoms with Crippen LogP contribution >= 0.6 is 0 Å². The zero-order chi connectivity index (χ0) is 15.9. The lowest BCUT2D eigenvalue weighted by Crippen LogP contribution is -2.34. The minimum absolute atomic E-state index is 0.125. The largest absolute Gasteiger partial charge is 0.338 e. The highest BCUT2D eigenvalue weighted by Crippen LogP contribution is 2.22. The van der Waals surface area contributed by atoms with E-state index in [1.54, 1.807) is 0 Å². The first-order valence-electron chi connectivity index (χ1n) is 8.58. The first kappa shape index (κ1) is 15.8. The van der Waals surface area contributed by atoms with Crippen LogP contribution in [0.1, 0.15) is 25.7 Å². The van der Waals surface area contributed by atoms with Crippen molar-refractivity contribution >= 4 is 22.5 Å². The van der Waals surface area contributed by atoms with Crippen LogP contribution in [0, 0.1) is 0 Å². The Balaban J connectivity index is 1.45. The standard InChI is InChI=1S/C19H25N3O/c23-19(20-12-7-15-22-13-4-1-5-14-22)21-18-11-6-9-16-8-2-3-10-17(16)18/h2-3,6,8-11H,1,4-5,7,12-15H2,(H2,20,21,23). The van der Waals surface area contributed by atoms with Crippen LogP contribution in [-0.4, -0.2) is 37.1 Å². The van der Waals surface area contributed by atoms with Crippen LogP contribution in [0.15, 0.2) is 42.5 Å². The van der Waals surface area contributed by atoms with E-state index in [0.717, 1.165) is 29.4 Å². The average Bonchev–Trinajstić information content (AvgIpc) is 2.60. The van der Waals surface area contributed by atoms with Gasteiger partial charge < -0.3 is 15.5 Å². The highest BCUT2D eigenvalue weighted by atomic mass is 16.2. The number of anilines is 1. The summed E-state index contributed by atoms with van der Waals surface area (Å²) < 4.78 is 0. The normalized spacial score (nSPS) is 15.5. The van der Waals surface area contributed by atoms with E-state index in [4.69, 9.17) is 0 Å². The molecule has 3 rings (SSSR count). The monoisotopic (exact) mass is 311 g/mol. The van der Waals surface area contributed by atoms with E-state index in [1.807, 2.05) is 30.3 Å². The van der Waals surface area contributed by atoms with Crippen LogP contribution in [0.5, 0.6) is 0 Å². The summed E-state index contributed by atoms with van der Waals surface area (Å²) in [5.41, 5.74) is 0.858. The van der Waals surface area contributed by atoms with Gasteiger partial charge in [0.25, 0.3) is 0 Å². The number of carbonyl (C=O) groups is 1. The van der Waals surface area contributed by atoms with Crippen LogP contribution < -0.4 is 10.6 Å². The van der Waals surface area contributed by atoms with E-state index in [0.29, 0.717) is 6.54 Å². The molecule has 2 N–H and O–H groups in total. The third-order valence-electron chi connectivity index (χ3n) is 4.42. The first-order chi connectivity index (χ1) is 11.3. The number of amides is 2. The molecule has 0 saturated carbocycles. The van der Waals surface area contributed by atoms with Crippen molar-refractivity contribution in [1.29, 1.82) is 0 Å². The molecule has 1 saturated heterocycles. The number of hydrogen-bond donors (Lipinski definition) is 2. The Morgan fingerprint density at radius 2 is 1.78 bits per heavy atom. The zero-order valence-electron chi connectivity index (χ0n) is 13.6. The van der Waals surface area contributed by atoms with E-state index in [9.17, 15) is 4.79 Å². The number of likely N-dealkylation sites (tertiary alicyclic amines) is 1. The molecule has 4 heteroatoms. The summed E-state index contributed by atoms with van der Waals surface area (Å²) in [6.07, 6.45) is 5.00. The molecule has 0 unspecified atom stereocenters. The van der Waals surface area contributed by atoms with Gasteiger partial charge in [-0.2, -0.15) is 0 Å². The summed E-state index contributed by atoms with van der Waals surface area (Å²) in [6.45, 7) is 4.21. The van der Waals surface area contributed by atoms with Gasteiger partial charge in [-0.1, -0.05) is 42.8 Å². The Labute approximate surface area is 137 Å². The minimum Gasteiger partial charge on any atom is -0.338 e. The molecule has 2 aromatic carbocycles. The maximum absolute atomic E-state index is 12.1. The number of nitrogens with zero attached hydrogens (tertiary/aromatic N) is 1. The number of nitrogens with one attached hydrogen (secondary N) is 2. The summed E-state index contributed by atoms with van der Waals surface area (Å²) in [5, 5.41) is 8.12. The van der Waals surface area contributed by atoms with Gasteiger partial charge in [0.05, 0.1) is 5.69 Å². The number of carbonyl (C=O) groups excluding carboxylic acids is 1. The molecule has 2 amide bonds. The maximum atomic E-state index is 12.1. The van der Waals surface area contributed by atoms with Gasteiger partial charge in [-0.15, -0.1) is 0 Å². The molecule has 0 atom stereocenters. The summed E-state index contributed by atoms with van der Waals surface area (Å²) in [5.74, 6) is 0. The first-order valence-corrected chi connectivity index (χ1v) is 8.58. The van der Waals surface area contributed by atoms with Gasteiger partial charge in [0.15, 0.2) is 0 Å². The molecule has 0 bridgehead atoms. The van der Waals surface area contributed by atoms with E-state index < -0.39 is 0 Å². The van der Waals surface area contributed by atoms with Gasteiger partial charge in [0.2, 0.25) is 0 Å². The topological polar surface area (TPSA) is 44.4 Å². The van der Waals surface area contributed by atoms with Gasteiger partial charge in [-0.3, -0.25) is 0 Å². The molecule has 1 heterocycles. The van der Waals surface area contributed by atoms with E-state index in [2.05, 4.69) is 27.7 Å². The molecular formula is C19H25N3O. The van der Waals surface area contributed by atoms with Crippen LogP contribution in [0.2, 0.25) is 0 Å². The molecule has 1 aliphatic rings. The van der Waals surface area contributed by atoms with Gasteiger partial charge in [0, 0.05) is 11.9 Å². The number of urea groups is 1. The van der Waals surface area contributed by atoms with Crippen molar-refractivity contribution in [3.05, 3.63) is 42.5 Å². The lowest BCUT2D eigenvalue weighted by Gasteiger charge is -2.26. The second-order valence-corrected chi connectivity index (χ2v) is 6.16. The lowest BCUT2D eigenvalue weighted by molar-refractivity contribution is 0.224. The molecule has 0 spiro atoms. The highest BCUT2D eigenvalue weighted by molar-refractivity contribution is 6.01. The third-order valence-corrected chi connectivity index (χ3v) is 4.42. The van der Waals surface area contributed by atoms with Crippen molar-refractivity contribution in [3.63, 3.8) is 0 Å². The number of hydrogen-bond acceptors (Lipinski definition) is 2. The van der Waals surface area contributed by atoms with Gasteiger partial charge in [-0.05, 0) is 50.3 Å². The molecule has 1 fully saturated rings. The Kier molecular flexibility index (Phi) is 5.48. The fourth-order valence-electron chi connectivity index (χ4n) is 3.19. The molecule has 23 heavy (non-hydrogen) atoms. The Bertz CT molecular complexity index is 645. The second-order valence-electron chi connectivity index (χ2n) is 6.16. The molecule has 122 valence electrons. The zero-order valence-corrected chi connectivity index (χ0v) is 13.6. The van der Waals surface area contributed by atoms with Gasteiger partial charge >= 0.3 is 6.03 Å². The Morgan fingerprint density at radius 1 is 1.00 bits per heavy atom.